The van der Waals surface area contributed by atoms with Crippen LogP contribution < -0.4 is 10.6 Å². The normalized spacial score (nSPS) is 16.2. The summed E-state index contributed by atoms with van der Waals surface area (Å²) in [5.41, 5.74) is 2.23. The van der Waals surface area contributed by atoms with Gasteiger partial charge in [-0.2, -0.15) is 14.8 Å². The Bertz CT molecular complexity index is 1530. The van der Waals surface area contributed by atoms with Gasteiger partial charge in [-0.05, 0) is 56.7 Å². The molecule has 226 valence electrons. The topological polar surface area (TPSA) is 171 Å². The third kappa shape index (κ3) is 7.91. The van der Waals surface area contributed by atoms with Crippen molar-refractivity contribution in [2.24, 2.45) is 0 Å². The van der Waals surface area contributed by atoms with Crippen molar-refractivity contribution in [3.63, 3.8) is 0 Å². The standard InChI is InChI=1S/C30H36N8O4S/c1-30(2,3)35-29(40)38-14-13-37(43(41,42)26-6-4-5-24(15-26)17-32)20-27(38)28(39)34-12-11-25-18-33-21-36(25)19-23-9-7-22(16-31)8-10-23/h4-10,15,18,21,27,41-42H,11-14,19-20H2,1-3H3,(H,34,39)(H,35,40). The summed E-state index contributed by atoms with van der Waals surface area (Å²) in [7, 11) is -3.53. The Kier molecular flexibility index (Phi) is 9.73. The maximum Gasteiger partial charge on any atom is 0.318 e. The van der Waals surface area contributed by atoms with Gasteiger partial charge in [0.25, 0.3) is 0 Å². The van der Waals surface area contributed by atoms with Crippen molar-refractivity contribution in [3.8, 4) is 12.1 Å². The number of nitrogens with one attached hydrogen (secondary N) is 2. The molecule has 1 aromatic heterocycles. The van der Waals surface area contributed by atoms with Gasteiger partial charge in [0.2, 0.25) is 5.91 Å². The Hall–Kier alpha value is -4.40. The second-order valence-electron chi connectivity index (χ2n) is 11.3. The first-order valence-corrected chi connectivity index (χ1v) is 15.3. The number of hydrogen-bond acceptors (Lipinski definition) is 8. The number of amides is 3. The SMILES string of the molecule is CC(C)(C)NC(=O)N1CCN(S(O)(O)c2cccc(C#N)c2)CC1C(=O)NCCc1cncn1Cc1ccc(C#N)cc1. The molecule has 3 aromatic rings. The molecule has 2 heterocycles. The Morgan fingerprint density at radius 3 is 2.47 bits per heavy atom. The minimum absolute atomic E-state index is 0.0885. The van der Waals surface area contributed by atoms with Crippen molar-refractivity contribution < 1.29 is 18.7 Å². The minimum Gasteiger partial charge on any atom is -0.354 e. The van der Waals surface area contributed by atoms with Gasteiger partial charge in [0, 0.05) is 56.6 Å². The fourth-order valence-electron chi connectivity index (χ4n) is 4.75. The van der Waals surface area contributed by atoms with Crippen LogP contribution >= 0.6 is 10.8 Å². The predicted octanol–water partition coefficient (Wildman–Crippen LogP) is 3.55. The lowest BCUT2D eigenvalue weighted by atomic mass is 10.1. The summed E-state index contributed by atoms with van der Waals surface area (Å²) in [5.74, 6) is -0.423. The molecule has 0 aliphatic carbocycles. The largest absolute Gasteiger partial charge is 0.354 e. The first kappa shape index (κ1) is 31.5. The van der Waals surface area contributed by atoms with Crippen LogP contribution in [-0.4, -0.2) is 77.6 Å². The van der Waals surface area contributed by atoms with Crippen molar-refractivity contribution >= 4 is 22.7 Å². The van der Waals surface area contributed by atoms with Crippen LogP contribution in [0.2, 0.25) is 0 Å². The molecule has 1 atom stereocenters. The van der Waals surface area contributed by atoms with Crippen molar-refractivity contribution in [1.82, 2.24) is 29.4 Å². The van der Waals surface area contributed by atoms with Gasteiger partial charge < -0.3 is 20.1 Å². The molecular weight excluding hydrogens is 568 g/mol. The molecule has 1 aliphatic heterocycles. The molecule has 1 fully saturated rings. The zero-order chi connectivity index (χ0) is 31.2. The number of hydrogen-bond donors (Lipinski definition) is 4. The highest BCUT2D eigenvalue weighted by molar-refractivity contribution is 8.22. The summed E-state index contributed by atoms with van der Waals surface area (Å²) in [6.07, 6.45) is 3.91. The molecule has 3 amide bonds. The molecule has 0 bridgehead atoms. The van der Waals surface area contributed by atoms with Crippen LogP contribution in [0.5, 0.6) is 0 Å². The number of aromatic nitrogens is 2. The molecule has 4 rings (SSSR count). The highest BCUT2D eigenvalue weighted by Crippen LogP contribution is 2.52. The molecule has 12 nitrogen and oxygen atoms in total. The second-order valence-corrected chi connectivity index (χ2v) is 13.3. The lowest BCUT2D eigenvalue weighted by Gasteiger charge is -2.49. The number of carbonyl (C=O) groups excluding carboxylic acids is 2. The number of imidazole rings is 1. The molecule has 0 spiro atoms. The minimum atomic E-state index is -3.53. The number of benzene rings is 2. The molecule has 0 saturated carbocycles. The van der Waals surface area contributed by atoms with Crippen molar-refractivity contribution in [2.45, 2.75) is 50.2 Å². The van der Waals surface area contributed by atoms with Crippen LogP contribution in [0, 0.1) is 22.7 Å². The van der Waals surface area contributed by atoms with E-state index in [1.54, 1.807) is 36.8 Å². The fourth-order valence-corrected chi connectivity index (χ4v) is 6.28. The number of rotatable bonds is 8. The van der Waals surface area contributed by atoms with Crippen LogP contribution in [0.3, 0.4) is 0 Å². The van der Waals surface area contributed by atoms with Crippen LogP contribution in [0.25, 0.3) is 0 Å². The van der Waals surface area contributed by atoms with E-state index in [2.05, 4.69) is 21.7 Å². The number of carbonyl (C=O) groups is 2. The lowest BCUT2D eigenvalue weighted by molar-refractivity contribution is -0.126. The van der Waals surface area contributed by atoms with Crippen molar-refractivity contribution in [3.05, 3.63) is 83.4 Å². The van der Waals surface area contributed by atoms with Crippen LogP contribution in [0.15, 0.2) is 66.0 Å². The van der Waals surface area contributed by atoms with Crippen molar-refractivity contribution in [1.29, 1.82) is 10.5 Å². The van der Waals surface area contributed by atoms with E-state index >= 15 is 0 Å². The van der Waals surface area contributed by atoms with Gasteiger partial charge in [0.15, 0.2) is 0 Å². The zero-order valence-corrected chi connectivity index (χ0v) is 25.2. The number of piperazine rings is 1. The van der Waals surface area contributed by atoms with Gasteiger partial charge in [-0.3, -0.25) is 13.9 Å². The van der Waals surface area contributed by atoms with E-state index in [1.807, 2.05) is 43.5 Å². The Morgan fingerprint density at radius 2 is 1.79 bits per heavy atom. The van der Waals surface area contributed by atoms with E-state index in [-0.39, 0.29) is 36.6 Å². The maximum absolute atomic E-state index is 13.5. The average Bonchev–Trinajstić information content (AvgIpc) is 3.42. The second kappa shape index (κ2) is 13.3. The predicted molar refractivity (Wildman–Crippen MR) is 162 cm³/mol. The quantitative estimate of drug-likeness (QED) is 0.302. The average molecular weight is 605 g/mol. The number of nitrogens with zero attached hydrogens (tertiary/aromatic N) is 6. The van der Waals surface area contributed by atoms with E-state index < -0.39 is 34.3 Å². The summed E-state index contributed by atoms with van der Waals surface area (Å²) in [5, 5.41) is 24.1. The third-order valence-electron chi connectivity index (χ3n) is 6.94. The monoisotopic (exact) mass is 604 g/mol. The van der Waals surface area contributed by atoms with E-state index in [4.69, 9.17) is 5.26 Å². The van der Waals surface area contributed by atoms with Gasteiger partial charge in [0.05, 0.1) is 34.5 Å². The van der Waals surface area contributed by atoms with Crippen LogP contribution in [0.1, 0.15) is 43.2 Å². The molecule has 1 saturated heterocycles. The molecule has 43 heavy (non-hydrogen) atoms. The summed E-state index contributed by atoms with van der Waals surface area (Å²) < 4.78 is 25.8. The molecular formula is C30H36N8O4S. The lowest BCUT2D eigenvalue weighted by Crippen LogP contribution is -2.64. The number of nitriles is 2. The fraction of sp³-hybridized carbons (Fsp3) is 0.367. The molecule has 1 aliphatic rings. The Labute approximate surface area is 253 Å². The summed E-state index contributed by atoms with van der Waals surface area (Å²) in [4.78, 5) is 32.6. The van der Waals surface area contributed by atoms with Gasteiger partial charge in [0.1, 0.15) is 6.04 Å². The van der Waals surface area contributed by atoms with Gasteiger partial charge in [-0.15, -0.1) is 10.8 Å². The first-order valence-electron chi connectivity index (χ1n) is 13.8. The van der Waals surface area contributed by atoms with Crippen LogP contribution in [-0.2, 0) is 17.8 Å². The smallest absolute Gasteiger partial charge is 0.318 e. The van der Waals surface area contributed by atoms with Crippen LogP contribution in [0.4, 0.5) is 4.79 Å². The maximum atomic E-state index is 13.5. The summed E-state index contributed by atoms with van der Waals surface area (Å²) in [6, 6.07) is 16.1. The Morgan fingerprint density at radius 1 is 1.07 bits per heavy atom. The van der Waals surface area contributed by atoms with Gasteiger partial charge in [-0.25, -0.2) is 9.78 Å². The van der Waals surface area contributed by atoms with E-state index in [1.165, 1.54) is 21.3 Å². The van der Waals surface area contributed by atoms with E-state index in [0.717, 1.165) is 11.3 Å². The summed E-state index contributed by atoms with van der Waals surface area (Å²) >= 11 is 0. The number of urea groups is 1. The molecule has 2 aromatic carbocycles. The van der Waals surface area contributed by atoms with E-state index in [0.29, 0.717) is 18.5 Å². The first-order chi connectivity index (χ1) is 20.4. The molecule has 4 N–H and O–H groups in total. The zero-order valence-electron chi connectivity index (χ0n) is 24.4. The van der Waals surface area contributed by atoms with Gasteiger partial charge >= 0.3 is 6.03 Å². The third-order valence-corrected chi connectivity index (χ3v) is 8.88. The highest BCUT2D eigenvalue weighted by Gasteiger charge is 2.40. The molecule has 13 heteroatoms. The highest BCUT2D eigenvalue weighted by atomic mass is 32.3. The molecule has 0 radical (unpaired) electrons. The summed E-state index contributed by atoms with van der Waals surface area (Å²) in [6.45, 7) is 6.45. The van der Waals surface area contributed by atoms with Crippen molar-refractivity contribution in [2.75, 3.05) is 26.2 Å². The Balaban J connectivity index is 1.46. The van der Waals surface area contributed by atoms with E-state index in [9.17, 15) is 24.0 Å². The van der Waals surface area contributed by atoms with Gasteiger partial charge in [-0.1, -0.05) is 18.2 Å². The molecule has 1 unspecified atom stereocenters.